The average molecular weight is 410 g/mol. The van der Waals surface area contributed by atoms with Crippen molar-refractivity contribution < 1.29 is 24.5 Å². The zero-order valence-electron chi connectivity index (χ0n) is 16.4. The molecule has 1 aliphatic rings. The van der Waals surface area contributed by atoms with Gasteiger partial charge in [-0.05, 0) is 41.5 Å². The van der Waals surface area contributed by atoms with Crippen molar-refractivity contribution in [1.82, 2.24) is 0 Å². The quantitative estimate of drug-likeness (QED) is 0.548. The standard InChI is InChI=1S/C26H18O5/c27-23-21(16-11-17-7-3-1-4-8-17)24(28)26(30)22(25(23)29)18-12-14-20(15-13-18)31-19-9-5-2-6-10-19/h1-16,27,30H. The fraction of sp³-hybridized carbons (Fsp3) is 0. The van der Waals surface area contributed by atoms with Crippen molar-refractivity contribution in [3.05, 3.63) is 119 Å². The predicted octanol–water partition coefficient (Wildman–Crippen LogP) is 5.43. The van der Waals surface area contributed by atoms with E-state index < -0.39 is 23.1 Å². The van der Waals surface area contributed by atoms with Gasteiger partial charge in [-0.3, -0.25) is 9.59 Å². The Labute approximate surface area is 178 Å². The van der Waals surface area contributed by atoms with Crippen LogP contribution in [0.25, 0.3) is 11.6 Å². The number of aliphatic hydroxyl groups excluding tert-OH is 2. The van der Waals surface area contributed by atoms with Crippen LogP contribution in [-0.2, 0) is 9.59 Å². The molecule has 0 radical (unpaired) electrons. The number of para-hydroxylation sites is 1. The molecule has 1 aliphatic carbocycles. The second-order valence-corrected chi connectivity index (χ2v) is 6.83. The van der Waals surface area contributed by atoms with E-state index in [1.165, 1.54) is 6.08 Å². The fourth-order valence-electron chi connectivity index (χ4n) is 3.18. The molecule has 31 heavy (non-hydrogen) atoms. The van der Waals surface area contributed by atoms with Crippen LogP contribution in [0.1, 0.15) is 11.1 Å². The first-order valence-corrected chi connectivity index (χ1v) is 9.57. The highest BCUT2D eigenvalue weighted by Gasteiger charge is 2.34. The van der Waals surface area contributed by atoms with Gasteiger partial charge in [-0.25, -0.2) is 0 Å². The van der Waals surface area contributed by atoms with E-state index in [0.29, 0.717) is 17.1 Å². The van der Waals surface area contributed by atoms with Crippen molar-refractivity contribution >= 4 is 23.2 Å². The number of carbonyl (C=O) groups excluding carboxylic acids is 2. The second-order valence-electron chi connectivity index (χ2n) is 6.83. The summed E-state index contributed by atoms with van der Waals surface area (Å²) in [6, 6.07) is 24.6. The van der Waals surface area contributed by atoms with Gasteiger partial charge in [-0.15, -0.1) is 0 Å². The molecule has 0 saturated heterocycles. The molecule has 0 atom stereocenters. The van der Waals surface area contributed by atoms with E-state index in [-0.39, 0.29) is 11.1 Å². The normalized spacial score (nSPS) is 14.5. The minimum Gasteiger partial charge on any atom is -0.504 e. The van der Waals surface area contributed by atoms with Crippen LogP contribution in [0.3, 0.4) is 0 Å². The predicted molar refractivity (Wildman–Crippen MR) is 118 cm³/mol. The summed E-state index contributed by atoms with van der Waals surface area (Å²) in [7, 11) is 0. The molecule has 0 bridgehead atoms. The molecule has 0 heterocycles. The molecule has 2 N–H and O–H groups in total. The number of ether oxygens (including phenoxy) is 1. The summed E-state index contributed by atoms with van der Waals surface area (Å²) in [4.78, 5) is 25.4. The monoisotopic (exact) mass is 410 g/mol. The summed E-state index contributed by atoms with van der Waals surface area (Å²) < 4.78 is 5.71. The minimum absolute atomic E-state index is 0.245. The first-order valence-electron chi connectivity index (χ1n) is 9.57. The van der Waals surface area contributed by atoms with Crippen molar-refractivity contribution in [3.8, 4) is 11.5 Å². The lowest BCUT2D eigenvalue weighted by Gasteiger charge is -2.16. The van der Waals surface area contributed by atoms with Gasteiger partial charge in [-0.1, -0.05) is 66.7 Å². The van der Waals surface area contributed by atoms with E-state index >= 15 is 0 Å². The fourth-order valence-corrected chi connectivity index (χ4v) is 3.18. The van der Waals surface area contributed by atoms with Gasteiger partial charge in [0, 0.05) is 0 Å². The first kappa shape index (κ1) is 19.9. The third-order valence-electron chi connectivity index (χ3n) is 4.76. The van der Waals surface area contributed by atoms with Crippen molar-refractivity contribution in [1.29, 1.82) is 0 Å². The van der Waals surface area contributed by atoms with Gasteiger partial charge in [-0.2, -0.15) is 0 Å². The molecule has 0 aliphatic heterocycles. The molecule has 3 aromatic carbocycles. The van der Waals surface area contributed by atoms with Crippen molar-refractivity contribution in [2.24, 2.45) is 0 Å². The molecular weight excluding hydrogens is 392 g/mol. The zero-order chi connectivity index (χ0) is 21.8. The molecule has 0 amide bonds. The number of Topliss-reactive ketones (excluding diaryl/α,β-unsaturated/α-hetero) is 2. The van der Waals surface area contributed by atoms with Gasteiger partial charge in [0.2, 0.25) is 11.6 Å². The summed E-state index contributed by atoms with van der Waals surface area (Å²) >= 11 is 0. The highest BCUT2D eigenvalue weighted by atomic mass is 16.5. The molecule has 5 nitrogen and oxygen atoms in total. The molecule has 0 spiro atoms. The highest BCUT2D eigenvalue weighted by molar-refractivity contribution is 6.38. The largest absolute Gasteiger partial charge is 0.504 e. The minimum atomic E-state index is -0.818. The van der Waals surface area contributed by atoms with Gasteiger partial charge in [0.05, 0.1) is 11.1 Å². The van der Waals surface area contributed by atoms with Crippen LogP contribution in [0.2, 0.25) is 0 Å². The number of allylic oxidation sites excluding steroid dienone is 3. The number of hydrogen-bond donors (Lipinski definition) is 2. The SMILES string of the molecule is O=C1C(O)=C(c2ccc(Oc3ccccc3)cc2)C(=O)C(O)=C1C=Cc1ccccc1. The van der Waals surface area contributed by atoms with Crippen LogP contribution >= 0.6 is 0 Å². The molecule has 0 aromatic heterocycles. The smallest absolute Gasteiger partial charge is 0.232 e. The number of hydrogen-bond acceptors (Lipinski definition) is 5. The van der Waals surface area contributed by atoms with Gasteiger partial charge < -0.3 is 14.9 Å². The number of benzene rings is 3. The lowest BCUT2D eigenvalue weighted by Crippen LogP contribution is -2.22. The van der Waals surface area contributed by atoms with E-state index in [9.17, 15) is 19.8 Å². The van der Waals surface area contributed by atoms with Gasteiger partial charge in [0.25, 0.3) is 0 Å². The molecule has 3 aromatic rings. The summed E-state index contributed by atoms with van der Waals surface area (Å²) in [6.45, 7) is 0. The van der Waals surface area contributed by atoms with Crippen LogP contribution in [0.15, 0.2) is 108 Å². The molecule has 0 fully saturated rings. The van der Waals surface area contributed by atoms with Crippen LogP contribution in [-0.4, -0.2) is 21.8 Å². The van der Waals surface area contributed by atoms with Crippen molar-refractivity contribution in [3.63, 3.8) is 0 Å². The van der Waals surface area contributed by atoms with E-state index in [0.717, 1.165) is 5.56 Å². The molecule has 4 rings (SSSR count). The Bertz CT molecular complexity index is 1220. The molecule has 0 saturated carbocycles. The van der Waals surface area contributed by atoms with Crippen molar-refractivity contribution in [2.75, 3.05) is 0 Å². The Balaban J connectivity index is 1.60. The zero-order valence-corrected chi connectivity index (χ0v) is 16.4. The maximum Gasteiger partial charge on any atom is 0.232 e. The van der Waals surface area contributed by atoms with Gasteiger partial charge in [0.15, 0.2) is 11.5 Å². The summed E-state index contributed by atoms with van der Waals surface area (Å²) in [5.74, 6) is -1.86. The Morgan fingerprint density at radius 3 is 1.84 bits per heavy atom. The Hall–Kier alpha value is -4.38. The van der Waals surface area contributed by atoms with E-state index in [1.54, 1.807) is 42.5 Å². The van der Waals surface area contributed by atoms with E-state index in [4.69, 9.17) is 4.74 Å². The molecular formula is C26H18O5. The van der Waals surface area contributed by atoms with Gasteiger partial charge in [0.1, 0.15) is 11.5 Å². The lowest BCUT2D eigenvalue weighted by atomic mass is 9.88. The maximum absolute atomic E-state index is 12.7. The number of aliphatic hydroxyl groups is 2. The summed E-state index contributed by atoms with van der Waals surface area (Å²) in [6.07, 6.45) is 2.92. The Morgan fingerprint density at radius 1 is 0.613 bits per heavy atom. The number of ketones is 2. The van der Waals surface area contributed by atoms with Gasteiger partial charge >= 0.3 is 0 Å². The topological polar surface area (TPSA) is 83.8 Å². The lowest BCUT2D eigenvalue weighted by molar-refractivity contribution is -0.118. The van der Waals surface area contributed by atoms with Crippen LogP contribution < -0.4 is 4.74 Å². The molecule has 0 unspecified atom stereocenters. The van der Waals surface area contributed by atoms with E-state index in [2.05, 4.69) is 0 Å². The third kappa shape index (κ3) is 4.16. The summed E-state index contributed by atoms with van der Waals surface area (Å²) in [5, 5.41) is 20.8. The first-order chi connectivity index (χ1) is 15.0. The highest BCUT2D eigenvalue weighted by Crippen LogP contribution is 2.31. The van der Waals surface area contributed by atoms with E-state index in [1.807, 2.05) is 48.5 Å². The Kier molecular flexibility index (Phi) is 5.49. The molecule has 152 valence electrons. The second kappa shape index (κ2) is 8.55. The maximum atomic E-state index is 12.7. The number of rotatable bonds is 5. The summed E-state index contributed by atoms with van der Waals surface area (Å²) in [5.41, 5.74) is 0.588. The van der Waals surface area contributed by atoms with Crippen LogP contribution in [0.4, 0.5) is 0 Å². The van der Waals surface area contributed by atoms with Crippen molar-refractivity contribution in [2.45, 2.75) is 0 Å². The third-order valence-corrected chi connectivity index (χ3v) is 4.76. The van der Waals surface area contributed by atoms with Crippen LogP contribution in [0.5, 0.6) is 11.5 Å². The number of carbonyl (C=O) groups is 2. The molecule has 5 heteroatoms. The average Bonchev–Trinajstić information content (AvgIpc) is 2.80. The van der Waals surface area contributed by atoms with Crippen LogP contribution in [0, 0.1) is 0 Å². The Morgan fingerprint density at radius 2 is 1.19 bits per heavy atom.